The van der Waals surface area contributed by atoms with Crippen molar-refractivity contribution in [1.29, 1.82) is 0 Å². The number of rotatable bonds is 6. The molecule has 1 aromatic rings. The molecule has 1 saturated heterocycles. The Kier molecular flexibility index (Phi) is 5.95. The predicted octanol–water partition coefficient (Wildman–Crippen LogP) is 1.31. The van der Waals surface area contributed by atoms with Crippen LogP contribution in [0.1, 0.15) is 36.5 Å². The molecule has 1 aliphatic rings. The molecule has 1 fully saturated rings. The first kappa shape index (κ1) is 18.4. The van der Waals surface area contributed by atoms with Crippen LogP contribution in [-0.2, 0) is 14.8 Å². The van der Waals surface area contributed by atoms with Crippen LogP contribution in [0.2, 0.25) is 0 Å². The van der Waals surface area contributed by atoms with E-state index in [0.29, 0.717) is 19.4 Å². The first-order valence-electron chi connectivity index (χ1n) is 7.97. The number of hydrogen-bond acceptors (Lipinski definition) is 4. The number of benzene rings is 1. The summed E-state index contributed by atoms with van der Waals surface area (Å²) >= 11 is 0. The molecule has 0 saturated carbocycles. The van der Waals surface area contributed by atoms with E-state index in [1.165, 1.54) is 28.6 Å². The van der Waals surface area contributed by atoms with Crippen molar-refractivity contribution in [1.82, 2.24) is 9.62 Å². The monoisotopic (exact) mass is 354 g/mol. The molecule has 7 nitrogen and oxygen atoms in total. The fourth-order valence-electron chi connectivity index (χ4n) is 2.67. The quantitative estimate of drug-likeness (QED) is 0.802. The summed E-state index contributed by atoms with van der Waals surface area (Å²) in [6.45, 7) is 3.18. The highest BCUT2D eigenvalue weighted by Gasteiger charge is 2.31. The van der Waals surface area contributed by atoms with Gasteiger partial charge in [0.1, 0.15) is 0 Å². The molecule has 0 aliphatic carbocycles. The van der Waals surface area contributed by atoms with Gasteiger partial charge >= 0.3 is 5.97 Å². The number of hydrogen-bond donors (Lipinski definition) is 2. The molecule has 0 bridgehead atoms. The van der Waals surface area contributed by atoms with Gasteiger partial charge in [0.2, 0.25) is 15.9 Å². The number of aromatic carboxylic acids is 1. The van der Waals surface area contributed by atoms with Gasteiger partial charge in [-0.15, -0.1) is 0 Å². The van der Waals surface area contributed by atoms with Gasteiger partial charge in [0.25, 0.3) is 0 Å². The first-order valence-corrected chi connectivity index (χ1v) is 9.41. The summed E-state index contributed by atoms with van der Waals surface area (Å²) in [5.74, 6) is -1.27. The molecule has 1 aromatic carbocycles. The number of sulfonamides is 1. The Bertz CT molecular complexity index is 692. The third kappa shape index (κ3) is 4.12. The Morgan fingerprint density at radius 2 is 1.79 bits per heavy atom. The molecule has 0 atom stereocenters. The van der Waals surface area contributed by atoms with Crippen LogP contribution >= 0.6 is 0 Å². The topological polar surface area (TPSA) is 104 Å². The van der Waals surface area contributed by atoms with E-state index < -0.39 is 16.0 Å². The van der Waals surface area contributed by atoms with E-state index in [1.807, 2.05) is 6.92 Å². The lowest BCUT2D eigenvalue weighted by Crippen LogP contribution is -2.43. The second-order valence-corrected chi connectivity index (χ2v) is 7.74. The van der Waals surface area contributed by atoms with E-state index in [1.54, 1.807) is 0 Å². The van der Waals surface area contributed by atoms with Crippen LogP contribution in [0.5, 0.6) is 0 Å². The molecule has 1 amide bonds. The molecule has 0 aromatic heterocycles. The molecular formula is C16H22N2O5S. The minimum Gasteiger partial charge on any atom is -0.478 e. The third-order valence-electron chi connectivity index (χ3n) is 4.11. The van der Waals surface area contributed by atoms with Crippen LogP contribution in [0.15, 0.2) is 29.2 Å². The van der Waals surface area contributed by atoms with Gasteiger partial charge in [0, 0.05) is 25.6 Å². The number of carbonyl (C=O) groups is 2. The van der Waals surface area contributed by atoms with Crippen LogP contribution in [0, 0.1) is 5.92 Å². The van der Waals surface area contributed by atoms with Crippen LogP contribution in [0.4, 0.5) is 0 Å². The van der Waals surface area contributed by atoms with E-state index in [2.05, 4.69) is 5.32 Å². The van der Waals surface area contributed by atoms with Gasteiger partial charge in [-0.1, -0.05) is 6.92 Å². The normalized spacial score (nSPS) is 16.7. The lowest BCUT2D eigenvalue weighted by atomic mass is 9.97. The van der Waals surface area contributed by atoms with Crippen molar-refractivity contribution >= 4 is 21.9 Å². The van der Waals surface area contributed by atoms with Gasteiger partial charge in [0.05, 0.1) is 10.5 Å². The highest BCUT2D eigenvalue weighted by atomic mass is 32.2. The summed E-state index contributed by atoms with van der Waals surface area (Å²) < 4.78 is 26.5. The van der Waals surface area contributed by atoms with Crippen molar-refractivity contribution in [2.24, 2.45) is 5.92 Å². The first-order chi connectivity index (χ1) is 11.4. The van der Waals surface area contributed by atoms with Crippen molar-refractivity contribution in [2.45, 2.75) is 31.1 Å². The molecular weight excluding hydrogens is 332 g/mol. The summed E-state index contributed by atoms with van der Waals surface area (Å²) in [5, 5.41) is 11.7. The molecule has 132 valence electrons. The van der Waals surface area contributed by atoms with Gasteiger partial charge in [-0.25, -0.2) is 13.2 Å². The van der Waals surface area contributed by atoms with E-state index in [9.17, 15) is 18.0 Å². The van der Waals surface area contributed by atoms with Crippen molar-refractivity contribution in [2.75, 3.05) is 19.6 Å². The summed E-state index contributed by atoms with van der Waals surface area (Å²) in [6.07, 6.45) is 1.84. The SMILES string of the molecule is CCCNC(=O)C1CCN(S(=O)(=O)c2ccc(C(=O)O)cc2)CC1. The van der Waals surface area contributed by atoms with E-state index in [4.69, 9.17) is 5.11 Å². The summed E-state index contributed by atoms with van der Waals surface area (Å²) in [4.78, 5) is 22.9. The Hall–Kier alpha value is -1.93. The minimum absolute atomic E-state index is 0.0142. The van der Waals surface area contributed by atoms with Crippen molar-refractivity contribution in [3.8, 4) is 0 Å². The maximum absolute atomic E-state index is 12.6. The average molecular weight is 354 g/mol. The van der Waals surface area contributed by atoms with Crippen LogP contribution in [0.3, 0.4) is 0 Å². The standard InChI is InChI=1S/C16H22N2O5S/c1-2-9-17-15(19)12-7-10-18(11-8-12)24(22,23)14-5-3-13(4-6-14)16(20)21/h3-6,12H,2,7-11H2,1H3,(H,17,19)(H,20,21). The largest absolute Gasteiger partial charge is 0.478 e. The number of nitrogens with one attached hydrogen (secondary N) is 1. The maximum Gasteiger partial charge on any atom is 0.335 e. The van der Waals surface area contributed by atoms with Gasteiger partial charge in [0.15, 0.2) is 0 Å². The van der Waals surface area contributed by atoms with Gasteiger partial charge < -0.3 is 10.4 Å². The number of carbonyl (C=O) groups excluding carboxylic acids is 1. The number of carboxylic acid groups (broad SMARTS) is 1. The van der Waals surface area contributed by atoms with Gasteiger partial charge in [-0.2, -0.15) is 4.31 Å². The highest BCUT2D eigenvalue weighted by Crippen LogP contribution is 2.24. The highest BCUT2D eigenvalue weighted by molar-refractivity contribution is 7.89. The third-order valence-corrected chi connectivity index (χ3v) is 6.03. The van der Waals surface area contributed by atoms with Crippen molar-refractivity contribution in [3.05, 3.63) is 29.8 Å². The number of nitrogens with zero attached hydrogens (tertiary/aromatic N) is 1. The lowest BCUT2D eigenvalue weighted by Gasteiger charge is -2.30. The zero-order valence-electron chi connectivity index (χ0n) is 13.6. The lowest BCUT2D eigenvalue weighted by molar-refractivity contribution is -0.126. The van der Waals surface area contributed by atoms with Crippen molar-refractivity contribution in [3.63, 3.8) is 0 Å². The van der Waals surface area contributed by atoms with Gasteiger partial charge in [-0.05, 0) is 43.5 Å². The number of amides is 1. The smallest absolute Gasteiger partial charge is 0.335 e. The Morgan fingerprint density at radius 3 is 2.29 bits per heavy atom. The summed E-state index contributed by atoms with van der Waals surface area (Å²) in [5.41, 5.74) is 0.0419. The maximum atomic E-state index is 12.6. The molecule has 0 spiro atoms. The zero-order chi connectivity index (χ0) is 17.7. The van der Waals surface area contributed by atoms with Gasteiger partial charge in [-0.3, -0.25) is 4.79 Å². The molecule has 2 N–H and O–H groups in total. The molecule has 0 unspecified atom stereocenters. The molecule has 1 heterocycles. The van der Waals surface area contributed by atoms with Crippen LogP contribution in [-0.4, -0.2) is 49.3 Å². The Balaban J connectivity index is 2.02. The molecule has 8 heteroatoms. The molecule has 24 heavy (non-hydrogen) atoms. The summed E-state index contributed by atoms with van der Waals surface area (Å²) in [7, 11) is -3.66. The van der Waals surface area contributed by atoms with Crippen LogP contribution < -0.4 is 5.32 Å². The van der Waals surface area contributed by atoms with E-state index >= 15 is 0 Å². The fraction of sp³-hybridized carbons (Fsp3) is 0.500. The Morgan fingerprint density at radius 1 is 1.21 bits per heavy atom. The Labute approximate surface area is 141 Å². The minimum atomic E-state index is -3.66. The van der Waals surface area contributed by atoms with Crippen molar-refractivity contribution < 1.29 is 23.1 Å². The molecule has 1 aliphatic heterocycles. The predicted molar refractivity (Wildman–Crippen MR) is 88.2 cm³/mol. The number of carboxylic acids is 1. The molecule has 0 radical (unpaired) electrons. The van der Waals surface area contributed by atoms with E-state index in [0.717, 1.165) is 6.42 Å². The average Bonchev–Trinajstić information content (AvgIpc) is 2.59. The second-order valence-electron chi connectivity index (χ2n) is 5.80. The molecule has 2 rings (SSSR count). The second kappa shape index (κ2) is 7.76. The summed E-state index contributed by atoms with van der Waals surface area (Å²) in [6, 6.07) is 5.16. The van der Waals surface area contributed by atoms with E-state index in [-0.39, 0.29) is 35.4 Å². The van der Waals surface area contributed by atoms with Crippen LogP contribution in [0.25, 0.3) is 0 Å². The number of piperidine rings is 1. The fourth-order valence-corrected chi connectivity index (χ4v) is 4.14. The zero-order valence-corrected chi connectivity index (χ0v) is 14.4.